The molecule has 0 unspecified atom stereocenters. The third-order valence-electron chi connectivity index (χ3n) is 4.98. The Hall–Kier alpha value is -3.20. The Balaban J connectivity index is 1.91. The summed E-state index contributed by atoms with van der Waals surface area (Å²) < 4.78 is 15.1. The van der Waals surface area contributed by atoms with E-state index < -0.39 is 23.2 Å². The number of piperazine rings is 1. The standard InChI is InChI=1S/C18H18FN5O3/c1-22-4-6-23(7-5-22)12-3-2-10(19)8-13(12)24-14(25)9-11-15(16(24)20)18(27)21-17(11)26/h2-3,8-9H,4-7,20H2,1H3,(H,21,26,27). The van der Waals surface area contributed by atoms with E-state index in [1.807, 2.05) is 11.9 Å². The van der Waals surface area contributed by atoms with Gasteiger partial charge in [-0.1, -0.05) is 0 Å². The van der Waals surface area contributed by atoms with Crippen LogP contribution in [0.15, 0.2) is 29.1 Å². The second-order valence-electron chi connectivity index (χ2n) is 6.70. The Kier molecular flexibility index (Phi) is 3.96. The molecule has 2 amide bonds. The third-order valence-corrected chi connectivity index (χ3v) is 4.98. The van der Waals surface area contributed by atoms with Crippen LogP contribution in [0.2, 0.25) is 0 Å². The topological polar surface area (TPSA) is 101 Å². The Morgan fingerprint density at radius 1 is 1.00 bits per heavy atom. The second-order valence-corrected chi connectivity index (χ2v) is 6.70. The van der Waals surface area contributed by atoms with E-state index >= 15 is 0 Å². The molecule has 3 N–H and O–H groups in total. The van der Waals surface area contributed by atoms with Crippen LogP contribution in [0.25, 0.3) is 5.69 Å². The Bertz CT molecular complexity index is 1020. The summed E-state index contributed by atoms with van der Waals surface area (Å²) in [5.74, 6) is -2.04. The first-order valence-corrected chi connectivity index (χ1v) is 8.51. The predicted molar refractivity (Wildman–Crippen MR) is 97.9 cm³/mol. The smallest absolute Gasteiger partial charge is 0.262 e. The van der Waals surface area contributed by atoms with Crippen LogP contribution in [0.4, 0.5) is 15.9 Å². The number of halogens is 1. The first kappa shape index (κ1) is 17.2. The van der Waals surface area contributed by atoms with Gasteiger partial charge in [0.2, 0.25) is 0 Å². The van der Waals surface area contributed by atoms with Gasteiger partial charge in [0.05, 0.1) is 22.5 Å². The highest BCUT2D eigenvalue weighted by Gasteiger charge is 2.32. The molecule has 0 saturated carbocycles. The van der Waals surface area contributed by atoms with Crippen molar-refractivity contribution in [1.29, 1.82) is 0 Å². The van der Waals surface area contributed by atoms with E-state index in [2.05, 4.69) is 10.2 Å². The summed E-state index contributed by atoms with van der Waals surface area (Å²) in [5.41, 5.74) is 6.26. The van der Waals surface area contributed by atoms with Gasteiger partial charge in [0.25, 0.3) is 17.4 Å². The number of nitrogens with one attached hydrogen (secondary N) is 1. The average molecular weight is 371 g/mol. The lowest BCUT2D eigenvalue weighted by atomic mass is 10.1. The summed E-state index contributed by atoms with van der Waals surface area (Å²) in [6.45, 7) is 3.05. The first-order valence-electron chi connectivity index (χ1n) is 8.51. The number of carbonyl (C=O) groups is 2. The van der Waals surface area contributed by atoms with E-state index in [1.54, 1.807) is 6.07 Å². The molecule has 0 spiro atoms. The van der Waals surface area contributed by atoms with E-state index in [0.29, 0.717) is 18.8 Å². The largest absolute Gasteiger partial charge is 0.384 e. The molecule has 0 bridgehead atoms. The van der Waals surface area contributed by atoms with E-state index in [0.717, 1.165) is 23.7 Å². The molecule has 8 nitrogen and oxygen atoms in total. The summed E-state index contributed by atoms with van der Waals surface area (Å²) >= 11 is 0. The molecule has 0 radical (unpaired) electrons. The van der Waals surface area contributed by atoms with Crippen LogP contribution in [0, 0.1) is 5.82 Å². The molecule has 1 saturated heterocycles. The number of fused-ring (bicyclic) bond motifs is 1. The first-order chi connectivity index (χ1) is 12.9. The zero-order chi connectivity index (χ0) is 19.3. The van der Waals surface area contributed by atoms with Crippen LogP contribution in [0.1, 0.15) is 20.7 Å². The third kappa shape index (κ3) is 2.76. The maximum atomic E-state index is 14.0. The molecule has 1 aromatic carbocycles. The van der Waals surface area contributed by atoms with Crippen LogP contribution in [-0.2, 0) is 0 Å². The molecule has 1 fully saturated rings. The van der Waals surface area contributed by atoms with Gasteiger partial charge in [-0.25, -0.2) is 4.39 Å². The second kappa shape index (κ2) is 6.20. The molecule has 140 valence electrons. The molecule has 1 aromatic heterocycles. The van der Waals surface area contributed by atoms with Gasteiger partial charge in [-0.15, -0.1) is 0 Å². The fraction of sp³-hybridized carbons (Fsp3) is 0.278. The van der Waals surface area contributed by atoms with Crippen molar-refractivity contribution in [2.24, 2.45) is 0 Å². The number of carbonyl (C=O) groups excluding carboxylic acids is 2. The van der Waals surface area contributed by atoms with Gasteiger partial charge in [0.15, 0.2) is 0 Å². The number of anilines is 2. The number of imide groups is 1. The van der Waals surface area contributed by atoms with Crippen LogP contribution in [-0.4, -0.2) is 54.5 Å². The monoisotopic (exact) mass is 371 g/mol. The fourth-order valence-corrected chi connectivity index (χ4v) is 3.52. The highest BCUT2D eigenvalue weighted by atomic mass is 19.1. The SMILES string of the molecule is CN1CCN(c2ccc(F)cc2-n2c(N)c3c(cc2=O)C(=O)NC3=O)CC1. The average Bonchev–Trinajstić information content (AvgIpc) is 2.90. The van der Waals surface area contributed by atoms with E-state index in [1.165, 1.54) is 12.1 Å². The Morgan fingerprint density at radius 3 is 2.41 bits per heavy atom. The lowest BCUT2D eigenvalue weighted by molar-refractivity contribution is 0.0880. The fourth-order valence-electron chi connectivity index (χ4n) is 3.52. The molecule has 2 aliphatic rings. The van der Waals surface area contributed by atoms with E-state index in [9.17, 15) is 18.8 Å². The van der Waals surface area contributed by atoms with Crippen molar-refractivity contribution < 1.29 is 14.0 Å². The Labute approximate surface area is 154 Å². The minimum absolute atomic E-state index is 0.0590. The maximum Gasteiger partial charge on any atom is 0.262 e. The molecule has 0 atom stereocenters. The van der Waals surface area contributed by atoms with E-state index in [-0.39, 0.29) is 22.6 Å². The van der Waals surface area contributed by atoms with Crippen molar-refractivity contribution in [2.45, 2.75) is 0 Å². The molecule has 4 rings (SSSR count). The summed E-state index contributed by atoms with van der Waals surface area (Å²) in [4.78, 5) is 40.8. The number of aromatic nitrogens is 1. The van der Waals surface area contributed by atoms with Gasteiger partial charge in [0.1, 0.15) is 11.6 Å². The summed E-state index contributed by atoms with van der Waals surface area (Å²) in [6, 6.07) is 5.19. The molecule has 0 aliphatic carbocycles. The van der Waals surface area contributed by atoms with Crippen molar-refractivity contribution in [2.75, 3.05) is 43.9 Å². The molecule has 3 heterocycles. The minimum atomic E-state index is -0.668. The van der Waals surface area contributed by atoms with Gasteiger partial charge in [-0.05, 0) is 19.2 Å². The molecule has 9 heteroatoms. The maximum absolute atomic E-state index is 14.0. The summed E-state index contributed by atoms with van der Waals surface area (Å²) in [7, 11) is 2.02. The number of hydrogen-bond acceptors (Lipinski definition) is 6. The number of amides is 2. The number of nitrogen functional groups attached to an aromatic ring is 1. The van der Waals surface area contributed by atoms with Crippen molar-refractivity contribution >= 4 is 23.3 Å². The van der Waals surface area contributed by atoms with Crippen molar-refractivity contribution in [3.8, 4) is 5.69 Å². The van der Waals surface area contributed by atoms with Crippen LogP contribution in [0.5, 0.6) is 0 Å². The highest BCUT2D eigenvalue weighted by molar-refractivity contribution is 6.23. The van der Waals surface area contributed by atoms with Crippen molar-refractivity contribution in [3.05, 3.63) is 51.6 Å². The minimum Gasteiger partial charge on any atom is -0.384 e. The van der Waals surface area contributed by atoms with Crippen LogP contribution >= 0.6 is 0 Å². The predicted octanol–water partition coefficient (Wildman–Crippen LogP) is 0.194. The number of hydrogen-bond donors (Lipinski definition) is 2. The number of likely N-dealkylation sites (N-methyl/N-ethyl adjacent to an activating group) is 1. The highest BCUT2D eigenvalue weighted by Crippen LogP contribution is 2.30. The van der Waals surface area contributed by atoms with Gasteiger partial charge in [-0.3, -0.25) is 24.3 Å². The zero-order valence-electron chi connectivity index (χ0n) is 14.7. The molecule has 2 aliphatic heterocycles. The van der Waals surface area contributed by atoms with Gasteiger partial charge in [-0.2, -0.15) is 0 Å². The van der Waals surface area contributed by atoms with Gasteiger partial charge < -0.3 is 15.5 Å². The number of nitrogens with zero attached hydrogens (tertiary/aromatic N) is 3. The lowest BCUT2D eigenvalue weighted by Crippen LogP contribution is -2.45. The van der Waals surface area contributed by atoms with Gasteiger partial charge >= 0.3 is 0 Å². The molecule has 27 heavy (non-hydrogen) atoms. The quantitative estimate of drug-likeness (QED) is 0.731. The van der Waals surface area contributed by atoms with Crippen molar-refractivity contribution in [3.63, 3.8) is 0 Å². The van der Waals surface area contributed by atoms with Crippen LogP contribution in [0.3, 0.4) is 0 Å². The number of benzene rings is 1. The normalized spacial score (nSPS) is 17.2. The number of pyridine rings is 1. The number of nitrogens with two attached hydrogens (primary N) is 1. The molecular formula is C18H18FN5O3. The molecule has 2 aromatic rings. The summed E-state index contributed by atoms with van der Waals surface area (Å²) in [5, 5.41) is 2.12. The van der Waals surface area contributed by atoms with Gasteiger partial charge in [0, 0.05) is 38.3 Å². The summed E-state index contributed by atoms with van der Waals surface area (Å²) in [6.07, 6.45) is 0. The van der Waals surface area contributed by atoms with Crippen molar-refractivity contribution in [1.82, 2.24) is 14.8 Å². The molecular weight excluding hydrogens is 353 g/mol. The number of rotatable bonds is 2. The van der Waals surface area contributed by atoms with E-state index in [4.69, 9.17) is 5.73 Å². The lowest BCUT2D eigenvalue weighted by Gasteiger charge is -2.35. The van der Waals surface area contributed by atoms with Crippen LogP contribution < -0.4 is 21.5 Å². The zero-order valence-corrected chi connectivity index (χ0v) is 14.7. The Morgan fingerprint density at radius 2 is 1.70 bits per heavy atom.